The molecule has 2 aliphatic rings. The Balaban J connectivity index is 2.13. The van der Waals surface area contributed by atoms with Gasteiger partial charge in [0.15, 0.2) is 22.9 Å². The number of aromatic nitrogens is 2. The van der Waals surface area contributed by atoms with E-state index in [2.05, 4.69) is 78.0 Å². The highest BCUT2D eigenvalue weighted by atomic mass is 32.2. The molecule has 3 rings (SSSR count). The molecule has 3 heterocycles. The first-order chi connectivity index (χ1) is 16.7. The average Bonchev–Trinajstić information content (AvgIpc) is 3.29. The molecular formula is C24H44N4O6SSi2. The van der Waals surface area contributed by atoms with E-state index in [-0.39, 0.29) is 16.7 Å². The normalized spacial score (nSPS) is 29.2. The smallest absolute Gasteiger partial charge is 0.330 e. The van der Waals surface area contributed by atoms with Crippen LogP contribution in [0.15, 0.2) is 21.9 Å². The number of rotatable bonds is 7. The summed E-state index contributed by atoms with van der Waals surface area (Å²) in [6, 6.07) is 0.711. The minimum atomic E-state index is -2.40. The van der Waals surface area contributed by atoms with Gasteiger partial charge in [-0.1, -0.05) is 41.5 Å². The van der Waals surface area contributed by atoms with Gasteiger partial charge in [-0.05, 0) is 36.3 Å². The summed E-state index contributed by atoms with van der Waals surface area (Å²) >= 11 is 1.53. The monoisotopic (exact) mass is 572 g/mol. The molecule has 0 radical (unpaired) electrons. The predicted molar refractivity (Wildman–Crippen MR) is 152 cm³/mol. The molecule has 2 saturated heterocycles. The Kier molecular flexibility index (Phi) is 8.25. The lowest BCUT2D eigenvalue weighted by Crippen LogP contribution is -2.62. The van der Waals surface area contributed by atoms with E-state index in [1.54, 1.807) is 0 Å². The van der Waals surface area contributed by atoms with Gasteiger partial charge in [-0.2, -0.15) is 0 Å². The second-order valence-electron chi connectivity index (χ2n) is 13.1. The largest absolute Gasteiger partial charge is 0.414 e. The fraction of sp³-hybridized carbons (Fsp3) is 0.792. The van der Waals surface area contributed by atoms with Crippen LogP contribution >= 0.6 is 11.8 Å². The first-order valence-corrected chi connectivity index (χ1v) is 19.5. The van der Waals surface area contributed by atoms with Crippen molar-refractivity contribution in [3.63, 3.8) is 0 Å². The molecule has 3 unspecified atom stereocenters. The number of ether oxygens (including phenoxy) is 1. The van der Waals surface area contributed by atoms with E-state index >= 15 is 0 Å². The van der Waals surface area contributed by atoms with Crippen molar-refractivity contribution in [2.75, 3.05) is 12.4 Å². The number of amides is 1. The topological polar surface area (TPSA) is 138 Å². The second kappa shape index (κ2) is 10.1. The Bertz CT molecular complexity index is 1130. The number of nitrogens with zero attached hydrogens (tertiary/aromatic N) is 1. The number of carbonyl (C=O) groups is 1. The van der Waals surface area contributed by atoms with Crippen LogP contribution in [0.5, 0.6) is 0 Å². The summed E-state index contributed by atoms with van der Waals surface area (Å²) in [4.78, 5) is 38.4. The summed E-state index contributed by atoms with van der Waals surface area (Å²) in [6.45, 7) is 21.8. The van der Waals surface area contributed by atoms with Crippen molar-refractivity contribution < 1.29 is 18.4 Å². The van der Waals surface area contributed by atoms with Gasteiger partial charge in [-0.25, -0.2) is 4.79 Å². The second-order valence-corrected chi connectivity index (χ2v) is 24.0. The van der Waals surface area contributed by atoms with Crippen LogP contribution in [0.4, 0.5) is 0 Å². The third-order valence-corrected chi connectivity index (χ3v) is 19.0. The highest BCUT2D eigenvalue weighted by molar-refractivity contribution is 8.01. The minimum absolute atomic E-state index is 0.0168. The van der Waals surface area contributed by atoms with Crippen LogP contribution in [0.25, 0.3) is 0 Å². The molecule has 1 aromatic rings. The van der Waals surface area contributed by atoms with E-state index in [0.29, 0.717) is 5.75 Å². The fourth-order valence-corrected chi connectivity index (χ4v) is 7.89. The van der Waals surface area contributed by atoms with Gasteiger partial charge in [-0.15, -0.1) is 11.8 Å². The van der Waals surface area contributed by atoms with Gasteiger partial charge in [0, 0.05) is 18.0 Å². The van der Waals surface area contributed by atoms with Crippen LogP contribution in [0.3, 0.4) is 0 Å². The van der Waals surface area contributed by atoms with E-state index in [9.17, 15) is 14.4 Å². The van der Waals surface area contributed by atoms with Crippen molar-refractivity contribution >= 4 is 34.3 Å². The molecule has 1 spiro atoms. The number of nitrogens with one attached hydrogen (secondary N) is 2. The van der Waals surface area contributed by atoms with Gasteiger partial charge in [-0.3, -0.25) is 24.5 Å². The van der Waals surface area contributed by atoms with Gasteiger partial charge < -0.3 is 19.3 Å². The number of thioether (sulfide) groups is 1. The van der Waals surface area contributed by atoms with Gasteiger partial charge >= 0.3 is 5.69 Å². The zero-order chi connectivity index (χ0) is 28.2. The molecule has 0 aromatic carbocycles. The molecule has 2 aliphatic heterocycles. The number of hydrogen-bond donors (Lipinski definition) is 3. The summed E-state index contributed by atoms with van der Waals surface area (Å²) in [5.74, 6) is -0.0101. The summed E-state index contributed by atoms with van der Waals surface area (Å²) in [7, 11) is -4.56. The van der Waals surface area contributed by atoms with E-state index in [4.69, 9.17) is 19.3 Å². The summed E-state index contributed by atoms with van der Waals surface area (Å²) in [5.41, 5.74) is 4.64. The van der Waals surface area contributed by atoms with Crippen molar-refractivity contribution in [3.05, 3.63) is 33.1 Å². The molecule has 0 bridgehead atoms. The Morgan fingerprint density at radius 3 is 2.24 bits per heavy atom. The summed E-state index contributed by atoms with van der Waals surface area (Å²) in [5, 5.41) is 3.31. The van der Waals surface area contributed by atoms with Crippen molar-refractivity contribution in [1.29, 1.82) is 0 Å². The number of H-pyrrole nitrogens is 1. The molecule has 4 N–H and O–H groups in total. The molecule has 13 heteroatoms. The molecule has 0 aliphatic carbocycles. The van der Waals surface area contributed by atoms with Crippen molar-refractivity contribution in [1.82, 2.24) is 14.9 Å². The van der Waals surface area contributed by atoms with Gasteiger partial charge in [0.05, 0.1) is 12.6 Å². The van der Waals surface area contributed by atoms with Crippen LogP contribution in [0.1, 0.15) is 47.8 Å². The van der Waals surface area contributed by atoms with Crippen LogP contribution in [-0.4, -0.2) is 67.6 Å². The van der Waals surface area contributed by atoms with Crippen molar-refractivity contribution in [3.8, 4) is 0 Å². The lowest BCUT2D eigenvalue weighted by atomic mass is 10.1. The van der Waals surface area contributed by atoms with Crippen LogP contribution in [0, 0.1) is 0 Å². The number of primary amides is 1. The van der Waals surface area contributed by atoms with Gasteiger partial charge in [0.2, 0.25) is 5.91 Å². The SMILES string of the molecule is CC(C)(C)[Si](C)(C)OCC1OC(n2ccc(=O)[nH]c2=O)C(O[Si](C)(C)C(C)(C)C)[C@]12N[C@H](C(N)=O)CS2. The van der Waals surface area contributed by atoms with E-state index in [0.717, 1.165) is 0 Å². The van der Waals surface area contributed by atoms with Gasteiger partial charge in [0.1, 0.15) is 17.1 Å². The summed E-state index contributed by atoms with van der Waals surface area (Å²) in [6.07, 6.45) is -0.615. The van der Waals surface area contributed by atoms with E-state index < -0.39 is 63.1 Å². The van der Waals surface area contributed by atoms with E-state index in [1.165, 1.54) is 28.6 Å². The number of hydrogen-bond acceptors (Lipinski definition) is 8. The fourth-order valence-electron chi connectivity index (χ4n) is 3.96. The molecule has 1 amide bonds. The zero-order valence-corrected chi connectivity index (χ0v) is 26.6. The number of carbonyl (C=O) groups excluding carboxylic acids is 1. The molecule has 210 valence electrons. The van der Waals surface area contributed by atoms with Crippen molar-refractivity contribution in [2.45, 2.75) is 107 Å². The molecule has 1 aromatic heterocycles. The molecule has 2 fully saturated rings. The minimum Gasteiger partial charge on any atom is -0.414 e. The first-order valence-electron chi connectivity index (χ1n) is 12.7. The maximum atomic E-state index is 12.9. The third-order valence-electron chi connectivity index (χ3n) is 8.45. The first kappa shape index (κ1) is 30.3. The molecule has 10 nitrogen and oxygen atoms in total. The molecule has 37 heavy (non-hydrogen) atoms. The zero-order valence-electron chi connectivity index (χ0n) is 23.8. The number of nitrogens with two attached hydrogens (primary N) is 1. The van der Waals surface area contributed by atoms with Gasteiger partial charge in [0.25, 0.3) is 5.56 Å². The molecular weight excluding hydrogens is 529 g/mol. The maximum Gasteiger partial charge on any atom is 0.330 e. The molecule has 0 saturated carbocycles. The Morgan fingerprint density at radius 1 is 1.16 bits per heavy atom. The van der Waals surface area contributed by atoms with Crippen LogP contribution in [0.2, 0.25) is 36.3 Å². The third kappa shape index (κ3) is 5.87. The maximum absolute atomic E-state index is 12.9. The summed E-state index contributed by atoms with van der Waals surface area (Å²) < 4.78 is 21.6. The number of aromatic amines is 1. The van der Waals surface area contributed by atoms with Crippen LogP contribution in [-0.2, 0) is 18.4 Å². The standard InChI is InChI=1S/C24H44N4O6SSi2/c1-22(2,3)36(7,8)32-13-16-24(27-15(14-35-24)19(25)30)18(34-37(9,10)23(4,5)6)20(33-16)28-12-11-17(29)26-21(28)31/h11-12,15-16,18,20,27H,13-14H2,1-10H3,(H2,25,30)(H,26,29,31)/t15-,16?,18?,20?,24-/m0/s1. The van der Waals surface area contributed by atoms with Crippen LogP contribution < -0.4 is 22.3 Å². The van der Waals surface area contributed by atoms with Crippen molar-refractivity contribution in [2.24, 2.45) is 5.73 Å². The quantitative estimate of drug-likeness (QED) is 0.424. The Labute approximate surface area is 225 Å². The lowest BCUT2D eigenvalue weighted by molar-refractivity contribution is -0.119. The highest BCUT2D eigenvalue weighted by Crippen LogP contribution is 2.52. The van der Waals surface area contributed by atoms with E-state index in [1.807, 2.05) is 0 Å². The predicted octanol–water partition coefficient (Wildman–Crippen LogP) is 2.73. The highest BCUT2D eigenvalue weighted by Gasteiger charge is 2.64. The lowest BCUT2D eigenvalue weighted by Gasteiger charge is -2.44. The Morgan fingerprint density at radius 2 is 1.76 bits per heavy atom. The average molecular weight is 573 g/mol. The Hall–Kier alpha value is -1.23. The molecule has 5 atom stereocenters.